The molecule has 1 aromatic rings. The Kier molecular flexibility index (Phi) is 2.69. The lowest BCUT2D eigenvalue weighted by Crippen LogP contribution is -2.31. The molecule has 1 aromatic carbocycles. The van der Waals surface area contributed by atoms with Crippen molar-refractivity contribution in [2.45, 2.75) is 6.42 Å². The molecule has 0 aromatic heterocycles. The first-order valence-corrected chi connectivity index (χ1v) is 6.11. The number of rotatable bonds is 2. The van der Waals surface area contributed by atoms with Crippen molar-refractivity contribution in [1.82, 2.24) is 0 Å². The van der Waals surface area contributed by atoms with Gasteiger partial charge in [0, 0.05) is 5.56 Å². The molecule has 0 N–H and O–H groups in total. The number of hydrogen-bond acceptors (Lipinski definition) is 5. The second-order valence-corrected chi connectivity index (χ2v) is 4.78. The highest BCUT2D eigenvalue weighted by Gasteiger charge is 2.45. The average molecular weight is 262 g/mol. The molecule has 1 heterocycles. The van der Waals surface area contributed by atoms with E-state index in [-0.39, 0.29) is 30.2 Å². The molecule has 0 radical (unpaired) electrons. The van der Waals surface area contributed by atoms with Crippen LogP contribution in [0.15, 0.2) is 12.1 Å². The van der Waals surface area contributed by atoms with E-state index in [4.69, 9.17) is 14.2 Å². The molecule has 0 spiro atoms. The highest BCUT2D eigenvalue weighted by molar-refractivity contribution is 6.04. The summed E-state index contributed by atoms with van der Waals surface area (Å²) in [4.78, 5) is 24.0. The van der Waals surface area contributed by atoms with Crippen LogP contribution in [0.1, 0.15) is 15.9 Å². The Hall–Kier alpha value is -2.04. The van der Waals surface area contributed by atoms with Gasteiger partial charge in [0.15, 0.2) is 17.3 Å². The number of hydrogen-bond donors (Lipinski definition) is 0. The van der Waals surface area contributed by atoms with Crippen LogP contribution >= 0.6 is 0 Å². The second-order valence-electron chi connectivity index (χ2n) is 4.78. The van der Waals surface area contributed by atoms with Crippen LogP contribution in [0, 0.1) is 11.8 Å². The highest BCUT2D eigenvalue weighted by atomic mass is 16.5. The summed E-state index contributed by atoms with van der Waals surface area (Å²) in [6.07, 6.45) is 0.519. The number of benzene rings is 1. The van der Waals surface area contributed by atoms with Gasteiger partial charge in [-0.05, 0) is 24.1 Å². The van der Waals surface area contributed by atoms with Gasteiger partial charge in [0.05, 0.1) is 26.1 Å². The molecular weight excluding hydrogens is 248 g/mol. The van der Waals surface area contributed by atoms with Crippen molar-refractivity contribution in [3.05, 3.63) is 23.3 Å². The maximum absolute atomic E-state index is 12.4. The Morgan fingerprint density at radius 1 is 1.11 bits per heavy atom. The molecular formula is C14H14O5. The van der Waals surface area contributed by atoms with Crippen LogP contribution in [-0.4, -0.2) is 32.6 Å². The molecule has 2 aliphatic rings. The molecule has 100 valence electrons. The summed E-state index contributed by atoms with van der Waals surface area (Å²) in [5.41, 5.74) is 1.43. The number of ether oxygens (including phenoxy) is 3. The minimum absolute atomic E-state index is 0.0435. The van der Waals surface area contributed by atoms with Crippen molar-refractivity contribution in [1.29, 1.82) is 0 Å². The SMILES string of the molecule is COc1cc2c(cc1OC)C(=O)[C@H]1COC(=O)[C@H]1C2. The van der Waals surface area contributed by atoms with Gasteiger partial charge >= 0.3 is 5.97 Å². The first-order chi connectivity index (χ1) is 9.15. The number of Topliss-reactive ketones (excluding diaryl/α,β-unsaturated/α-hetero) is 1. The van der Waals surface area contributed by atoms with Crippen molar-refractivity contribution in [2.24, 2.45) is 11.8 Å². The normalized spacial score (nSPS) is 24.5. The van der Waals surface area contributed by atoms with Crippen molar-refractivity contribution in [3.63, 3.8) is 0 Å². The number of carbonyl (C=O) groups is 2. The van der Waals surface area contributed by atoms with Crippen LogP contribution in [-0.2, 0) is 16.0 Å². The van der Waals surface area contributed by atoms with E-state index < -0.39 is 0 Å². The Morgan fingerprint density at radius 3 is 2.47 bits per heavy atom. The van der Waals surface area contributed by atoms with Gasteiger partial charge in [-0.1, -0.05) is 0 Å². The van der Waals surface area contributed by atoms with Gasteiger partial charge < -0.3 is 14.2 Å². The fourth-order valence-electron chi connectivity index (χ4n) is 2.80. The molecule has 1 aliphatic heterocycles. The third-order valence-electron chi connectivity index (χ3n) is 3.85. The van der Waals surface area contributed by atoms with Crippen LogP contribution < -0.4 is 9.47 Å². The monoisotopic (exact) mass is 262 g/mol. The molecule has 0 bridgehead atoms. The van der Waals surface area contributed by atoms with E-state index in [0.717, 1.165) is 5.56 Å². The topological polar surface area (TPSA) is 61.8 Å². The summed E-state index contributed by atoms with van der Waals surface area (Å²) in [6.45, 7) is 0.191. The highest BCUT2D eigenvalue weighted by Crippen LogP contribution is 2.40. The third-order valence-corrected chi connectivity index (χ3v) is 3.85. The van der Waals surface area contributed by atoms with E-state index in [2.05, 4.69) is 0 Å². The zero-order valence-corrected chi connectivity index (χ0v) is 10.8. The van der Waals surface area contributed by atoms with E-state index in [1.54, 1.807) is 19.2 Å². The summed E-state index contributed by atoms with van der Waals surface area (Å²) in [7, 11) is 3.07. The van der Waals surface area contributed by atoms with Gasteiger partial charge in [0.25, 0.3) is 0 Å². The fourth-order valence-corrected chi connectivity index (χ4v) is 2.80. The minimum Gasteiger partial charge on any atom is -0.493 e. The van der Waals surface area contributed by atoms with Gasteiger partial charge in [-0.15, -0.1) is 0 Å². The Morgan fingerprint density at radius 2 is 1.79 bits per heavy atom. The number of methoxy groups -OCH3 is 2. The van der Waals surface area contributed by atoms with E-state index in [9.17, 15) is 9.59 Å². The molecule has 5 nitrogen and oxygen atoms in total. The maximum Gasteiger partial charge on any atom is 0.310 e. The van der Waals surface area contributed by atoms with Gasteiger partial charge in [0.1, 0.15) is 6.61 Å². The van der Waals surface area contributed by atoms with Crippen LogP contribution in [0.2, 0.25) is 0 Å². The summed E-state index contributed by atoms with van der Waals surface area (Å²) in [5.74, 6) is 0.0743. The number of ketones is 1. The lowest BCUT2D eigenvalue weighted by atomic mass is 9.76. The van der Waals surface area contributed by atoms with Crippen molar-refractivity contribution >= 4 is 11.8 Å². The molecule has 5 heteroatoms. The van der Waals surface area contributed by atoms with E-state index in [0.29, 0.717) is 23.5 Å². The van der Waals surface area contributed by atoms with Gasteiger partial charge in [0.2, 0.25) is 0 Å². The molecule has 3 rings (SSSR count). The Balaban J connectivity index is 2.09. The molecule has 19 heavy (non-hydrogen) atoms. The lowest BCUT2D eigenvalue weighted by Gasteiger charge is -2.24. The largest absolute Gasteiger partial charge is 0.493 e. The Labute approximate surface area is 110 Å². The standard InChI is InChI=1S/C14H14O5/c1-17-11-4-7-3-9-10(6-19-14(9)16)13(15)8(7)5-12(11)18-2/h4-5,9-10H,3,6H2,1-2H3/t9-,10-/m0/s1. The molecule has 2 atom stereocenters. The first kappa shape index (κ1) is 12.0. The molecule has 1 aliphatic carbocycles. The van der Waals surface area contributed by atoms with Gasteiger partial charge in [-0.2, -0.15) is 0 Å². The second kappa shape index (κ2) is 4.26. The smallest absolute Gasteiger partial charge is 0.310 e. The summed E-state index contributed by atoms with van der Waals surface area (Å²) in [5, 5.41) is 0. The number of cyclic esters (lactones) is 1. The molecule has 0 amide bonds. The fraction of sp³-hybridized carbons (Fsp3) is 0.429. The van der Waals surface area contributed by atoms with Crippen molar-refractivity contribution in [2.75, 3.05) is 20.8 Å². The van der Waals surface area contributed by atoms with E-state index in [1.165, 1.54) is 7.11 Å². The molecule has 0 saturated carbocycles. The zero-order chi connectivity index (χ0) is 13.6. The number of carbonyl (C=O) groups excluding carboxylic acids is 2. The van der Waals surface area contributed by atoms with E-state index in [1.807, 2.05) is 0 Å². The third kappa shape index (κ3) is 1.69. The number of esters is 1. The van der Waals surface area contributed by atoms with Crippen LogP contribution in [0.4, 0.5) is 0 Å². The summed E-state index contributed by atoms with van der Waals surface area (Å²) >= 11 is 0. The van der Waals surface area contributed by atoms with Crippen molar-refractivity contribution < 1.29 is 23.8 Å². The van der Waals surface area contributed by atoms with Crippen LogP contribution in [0.3, 0.4) is 0 Å². The molecule has 0 unspecified atom stereocenters. The predicted molar refractivity (Wildman–Crippen MR) is 65.5 cm³/mol. The zero-order valence-electron chi connectivity index (χ0n) is 10.8. The van der Waals surface area contributed by atoms with Gasteiger partial charge in [-0.3, -0.25) is 9.59 Å². The Bertz CT molecular complexity index is 563. The van der Waals surface area contributed by atoms with Crippen LogP contribution in [0.25, 0.3) is 0 Å². The average Bonchev–Trinajstić information content (AvgIpc) is 2.79. The lowest BCUT2D eigenvalue weighted by molar-refractivity contribution is -0.141. The summed E-state index contributed by atoms with van der Waals surface area (Å²) < 4.78 is 15.4. The number of fused-ring (bicyclic) bond motifs is 2. The predicted octanol–water partition coefficient (Wildman–Crippen LogP) is 1.23. The van der Waals surface area contributed by atoms with Crippen molar-refractivity contribution in [3.8, 4) is 11.5 Å². The summed E-state index contributed by atoms with van der Waals surface area (Å²) in [6, 6.07) is 3.46. The van der Waals surface area contributed by atoms with E-state index >= 15 is 0 Å². The quantitative estimate of drug-likeness (QED) is 0.750. The first-order valence-electron chi connectivity index (χ1n) is 6.11. The molecule has 1 fully saturated rings. The molecule has 1 saturated heterocycles. The minimum atomic E-state index is -0.349. The maximum atomic E-state index is 12.4. The van der Waals surface area contributed by atoms with Crippen LogP contribution in [0.5, 0.6) is 11.5 Å². The van der Waals surface area contributed by atoms with Gasteiger partial charge in [-0.25, -0.2) is 0 Å².